The summed E-state index contributed by atoms with van der Waals surface area (Å²) in [6, 6.07) is 16.6. The Morgan fingerprint density at radius 1 is 0.871 bits per heavy atom. The first kappa shape index (κ1) is 21.7. The first-order chi connectivity index (χ1) is 15.0. The molecule has 0 fully saturated rings. The van der Waals surface area contributed by atoms with E-state index >= 15 is 0 Å². The summed E-state index contributed by atoms with van der Waals surface area (Å²) in [6.07, 6.45) is 2.74. The van der Waals surface area contributed by atoms with Crippen molar-refractivity contribution < 1.29 is 28.5 Å². The van der Waals surface area contributed by atoms with Crippen LogP contribution in [0.2, 0.25) is 0 Å². The predicted molar refractivity (Wildman–Crippen MR) is 119 cm³/mol. The van der Waals surface area contributed by atoms with Crippen LogP contribution in [0.15, 0.2) is 60.7 Å². The Bertz CT molecular complexity index is 1120. The number of amides is 1. The van der Waals surface area contributed by atoms with E-state index < -0.39 is 18.5 Å². The lowest BCUT2D eigenvalue weighted by atomic mass is 10.1. The third-order valence-corrected chi connectivity index (χ3v) is 4.54. The summed E-state index contributed by atoms with van der Waals surface area (Å²) in [5.74, 6) is 0.400. The van der Waals surface area contributed by atoms with Gasteiger partial charge in [0.05, 0.1) is 21.3 Å². The van der Waals surface area contributed by atoms with Crippen molar-refractivity contribution in [2.75, 3.05) is 33.3 Å². The zero-order valence-corrected chi connectivity index (χ0v) is 17.5. The molecule has 0 heterocycles. The van der Waals surface area contributed by atoms with Gasteiger partial charge in [0.25, 0.3) is 5.91 Å². The van der Waals surface area contributed by atoms with Gasteiger partial charge in [-0.1, -0.05) is 36.4 Å². The summed E-state index contributed by atoms with van der Waals surface area (Å²) in [6.45, 7) is -0.407. The molecule has 0 atom stereocenters. The Balaban J connectivity index is 1.62. The fraction of sp³-hybridized carbons (Fsp3) is 0.167. The minimum atomic E-state index is -0.662. The van der Waals surface area contributed by atoms with Crippen molar-refractivity contribution in [3.8, 4) is 17.2 Å². The van der Waals surface area contributed by atoms with Crippen LogP contribution in [0.4, 0.5) is 5.69 Å². The normalized spacial score (nSPS) is 10.7. The lowest BCUT2D eigenvalue weighted by Crippen LogP contribution is -2.20. The Morgan fingerprint density at radius 2 is 1.55 bits per heavy atom. The zero-order valence-electron chi connectivity index (χ0n) is 17.5. The molecule has 31 heavy (non-hydrogen) atoms. The average Bonchev–Trinajstić information content (AvgIpc) is 2.81. The number of ether oxygens (including phenoxy) is 4. The molecule has 0 spiro atoms. The van der Waals surface area contributed by atoms with Gasteiger partial charge in [0.2, 0.25) is 0 Å². The molecule has 1 N–H and O–H groups in total. The second-order valence-electron chi connectivity index (χ2n) is 6.47. The summed E-state index contributed by atoms with van der Waals surface area (Å²) in [5, 5.41) is 4.68. The highest BCUT2D eigenvalue weighted by molar-refractivity contribution is 6.03. The Kier molecular flexibility index (Phi) is 7.11. The Morgan fingerprint density at radius 3 is 2.29 bits per heavy atom. The van der Waals surface area contributed by atoms with Crippen LogP contribution in [-0.4, -0.2) is 39.8 Å². The highest BCUT2D eigenvalue weighted by Gasteiger charge is 2.11. The predicted octanol–water partition coefficient (Wildman–Crippen LogP) is 4.06. The standard InChI is InChI=1S/C24H23NO6/c1-28-20-14-22(30-3)21(29-2)13-17(20)11-12-24(27)31-15-23(26)25-19-10-6-8-16-7-4-5-9-18(16)19/h4-14H,15H2,1-3H3,(H,25,26)/b12-11+. The lowest BCUT2D eigenvalue weighted by molar-refractivity contribution is -0.142. The fourth-order valence-electron chi connectivity index (χ4n) is 3.05. The second-order valence-corrected chi connectivity index (χ2v) is 6.47. The van der Waals surface area contributed by atoms with Gasteiger partial charge in [0.15, 0.2) is 18.1 Å². The van der Waals surface area contributed by atoms with Gasteiger partial charge in [-0.05, 0) is 23.6 Å². The molecule has 3 aromatic rings. The molecule has 0 bridgehead atoms. The van der Waals surface area contributed by atoms with Gasteiger partial charge in [0.1, 0.15) is 5.75 Å². The number of esters is 1. The van der Waals surface area contributed by atoms with Crippen molar-refractivity contribution in [3.05, 3.63) is 66.2 Å². The molecule has 160 valence electrons. The van der Waals surface area contributed by atoms with E-state index in [1.54, 1.807) is 18.2 Å². The summed E-state index contributed by atoms with van der Waals surface area (Å²) in [7, 11) is 4.54. The number of hydrogen-bond acceptors (Lipinski definition) is 6. The maximum atomic E-state index is 12.2. The number of carbonyl (C=O) groups is 2. The molecular formula is C24H23NO6. The molecule has 0 saturated heterocycles. The molecule has 0 unspecified atom stereocenters. The summed E-state index contributed by atoms with van der Waals surface area (Å²) in [5.41, 5.74) is 1.25. The molecule has 0 aliphatic heterocycles. The number of hydrogen-bond donors (Lipinski definition) is 1. The van der Waals surface area contributed by atoms with E-state index in [9.17, 15) is 9.59 Å². The van der Waals surface area contributed by atoms with E-state index in [0.29, 0.717) is 28.5 Å². The highest BCUT2D eigenvalue weighted by atomic mass is 16.5. The van der Waals surface area contributed by atoms with Gasteiger partial charge < -0.3 is 24.3 Å². The minimum Gasteiger partial charge on any atom is -0.496 e. The third kappa shape index (κ3) is 5.33. The zero-order chi connectivity index (χ0) is 22.2. The van der Waals surface area contributed by atoms with Crippen LogP contribution in [0, 0.1) is 0 Å². The molecule has 1 amide bonds. The molecule has 7 nitrogen and oxygen atoms in total. The number of carbonyl (C=O) groups excluding carboxylic acids is 2. The molecular weight excluding hydrogens is 398 g/mol. The fourth-order valence-corrected chi connectivity index (χ4v) is 3.05. The topological polar surface area (TPSA) is 83.1 Å². The Labute approximate surface area is 180 Å². The van der Waals surface area contributed by atoms with E-state index in [4.69, 9.17) is 18.9 Å². The van der Waals surface area contributed by atoms with Crippen LogP contribution in [0.25, 0.3) is 16.8 Å². The molecule has 7 heteroatoms. The van der Waals surface area contributed by atoms with Gasteiger partial charge in [-0.2, -0.15) is 0 Å². The minimum absolute atomic E-state index is 0.407. The van der Waals surface area contributed by atoms with E-state index in [-0.39, 0.29) is 0 Å². The van der Waals surface area contributed by atoms with Crippen molar-refractivity contribution in [1.82, 2.24) is 0 Å². The smallest absolute Gasteiger partial charge is 0.331 e. The van der Waals surface area contributed by atoms with Gasteiger partial charge in [-0.15, -0.1) is 0 Å². The quantitative estimate of drug-likeness (QED) is 0.436. The molecule has 3 aromatic carbocycles. The molecule has 0 saturated carbocycles. The average molecular weight is 421 g/mol. The second kappa shape index (κ2) is 10.2. The molecule has 0 aromatic heterocycles. The number of fused-ring (bicyclic) bond motifs is 1. The number of benzene rings is 3. The highest BCUT2D eigenvalue weighted by Crippen LogP contribution is 2.35. The maximum absolute atomic E-state index is 12.2. The summed E-state index contributed by atoms with van der Waals surface area (Å²) in [4.78, 5) is 24.3. The molecule has 0 radical (unpaired) electrons. The monoisotopic (exact) mass is 421 g/mol. The number of nitrogens with one attached hydrogen (secondary N) is 1. The van der Waals surface area contributed by atoms with Crippen molar-refractivity contribution in [2.45, 2.75) is 0 Å². The van der Waals surface area contributed by atoms with E-state index in [1.807, 2.05) is 36.4 Å². The largest absolute Gasteiger partial charge is 0.496 e. The number of anilines is 1. The van der Waals surface area contributed by atoms with Crippen molar-refractivity contribution >= 4 is 34.4 Å². The van der Waals surface area contributed by atoms with E-state index in [1.165, 1.54) is 33.5 Å². The Hall–Kier alpha value is -4.00. The van der Waals surface area contributed by atoms with E-state index in [0.717, 1.165) is 10.8 Å². The first-order valence-corrected chi connectivity index (χ1v) is 9.48. The van der Waals surface area contributed by atoms with Crippen molar-refractivity contribution in [1.29, 1.82) is 0 Å². The molecule has 0 aliphatic rings. The number of rotatable bonds is 8. The van der Waals surface area contributed by atoms with Crippen LogP contribution in [0.3, 0.4) is 0 Å². The first-order valence-electron chi connectivity index (χ1n) is 9.48. The van der Waals surface area contributed by atoms with Crippen LogP contribution < -0.4 is 19.5 Å². The molecule has 3 rings (SSSR count). The van der Waals surface area contributed by atoms with Crippen molar-refractivity contribution in [3.63, 3.8) is 0 Å². The summed E-state index contributed by atoms with van der Waals surface area (Å²) >= 11 is 0. The maximum Gasteiger partial charge on any atom is 0.331 e. The van der Waals surface area contributed by atoms with Crippen LogP contribution in [-0.2, 0) is 14.3 Å². The third-order valence-electron chi connectivity index (χ3n) is 4.54. The van der Waals surface area contributed by atoms with Crippen molar-refractivity contribution in [2.24, 2.45) is 0 Å². The van der Waals surface area contributed by atoms with Gasteiger partial charge in [-0.25, -0.2) is 4.79 Å². The van der Waals surface area contributed by atoms with Gasteiger partial charge in [-0.3, -0.25) is 4.79 Å². The van der Waals surface area contributed by atoms with E-state index in [2.05, 4.69) is 5.32 Å². The molecule has 0 aliphatic carbocycles. The lowest BCUT2D eigenvalue weighted by Gasteiger charge is -2.12. The number of methoxy groups -OCH3 is 3. The van der Waals surface area contributed by atoms with Gasteiger partial charge >= 0.3 is 5.97 Å². The van der Waals surface area contributed by atoms with Gasteiger partial charge in [0, 0.05) is 28.8 Å². The summed E-state index contributed by atoms with van der Waals surface area (Å²) < 4.78 is 20.9. The van der Waals surface area contributed by atoms with Crippen LogP contribution >= 0.6 is 0 Å². The SMILES string of the molecule is COc1cc(OC)c(OC)cc1/C=C/C(=O)OCC(=O)Nc1cccc2ccccc12. The van der Waals surface area contributed by atoms with Crippen LogP contribution in [0.1, 0.15) is 5.56 Å². The van der Waals surface area contributed by atoms with Crippen LogP contribution in [0.5, 0.6) is 17.2 Å².